The van der Waals surface area contributed by atoms with Gasteiger partial charge >= 0.3 is 0 Å². The van der Waals surface area contributed by atoms with Crippen LogP contribution in [0.1, 0.15) is 18.5 Å². The van der Waals surface area contributed by atoms with Gasteiger partial charge in [0.2, 0.25) is 5.95 Å². The minimum absolute atomic E-state index is 0.590. The van der Waals surface area contributed by atoms with E-state index in [1.807, 2.05) is 29.8 Å². The summed E-state index contributed by atoms with van der Waals surface area (Å²) in [6, 6.07) is 13.2. The zero-order chi connectivity index (χ0) is 21.4. The Labute approximate surface area is 188 Å². The SMILES string of the molecule is Cc1ccc2cnc(Nc3ccc(N4CCC(N5CCP(=O)(S)CC5)CC4)cc3)nn12. The third kappa shape index (κ3) is 4.61. The molecule has 0 saturated carbocycles. The van der Waals surface area contributed by atoms with Gasteiger partial charge in [0.1, 0.15) is 6.34 Å². The van der Waals surface area contributed by atoms with Crippen LogP contribution < -0.4 is 10.2 Å². The van der Waals surface area contributed by atoms with Crippen LogP contribution in [0.15, 0.2) is 42.6 Å². The second-order valence-corrected chi connectivity index (χ2v) is 13.4. The molecule has 1 aromatic carbocycles. The monoisotopic (exact) mass is 456 g/mol. The summed E-state index contributed by atoms with van der Waals surface area (Å²) in [6.07, 6.45) is 3.50. The molecule has 4 heterocycles. The first-order valence-corrected chi connectivity index (χ1v) is 14.2. The van der Waals surface area contributed by atoms with Crippen molar-refractivity contribution in [1.29, 1.82) is 0 Å². The molecule has 2 aromatic heterocycles. The zero-order valence-corrected chi connectivity index (χ0v) is 19.6. The minimum Gasteiger partial charge on any atom is -0.371 e. The maximum Gasteiger partial charge on any atom is 0.245 e. The van der Waals surface area contributed by atoms with E-state index in [0.29, 0.717) is 12.0 Å². The predicted molar refractivity (Wildman–Crippen MR) is 131 cm³/mol. The van der Waals surface area contributed by atoms with E-state index in [2.05, 4.69) is 61.7 Å². The van der Waals surface area contributed by atoms with Crippen molar-refractivity contribution in [2.45, 2.75) is 25.8 Å². The smallest absolute Gasteiger partial charge is 0.245 e. The molecule has 0 spiro atoms. The molecule has 0 aliphatic carbocycles. The van der Waals surface area contributed by atoms with Gasteiger partial charge in [0.15, 0.2) is 0 Å². The number of hydrogen-bond acceptors (Lipinski definition) is 6. The van der Waals surface area contributed by atoms with E-state index < -0.39 is 6.34 Å². The average molecular weight is 457 g/mol. The van der Waals surface area contributed by atoms with Gasteiger partial charge in [0.05, 0.1) is 11.7 Å². The van der Waals surface area contributed by atoms with Gasteiger partial charge in [-0.3, -0.25) is 4.90 Å². The van der Waals surface area contributed by atoms with Crippen LogP contribution in [0.3, 0.4) is 0 Å². The van der Waals surface area contributed by atoms with Crippen LogP contribution in [0.5, 0.6) is 0 Å². The van der Waals surface area contributed by atoms with Crippen LogP contribution in [-0.4, -0.2) is 64.0 Å². The summed E-state index contributed by atoms with van der Waals surface area (Å²) in [7, 11) is 0. The Hall–Kier alpha value is -2.02. The van der Waals surface area contributed by atoms with Gasteiger partial charge in [-0.2, -0.15) is 0 Å². The first-order valence-electron chi connectivity index (χ1n) is 11.0. The van der Waals surface area contributed by atoms with Crippen molar-refractivity contribution >= 4 is 41.4 Å². The number of aromatic nitrogens is 3. The van der Waals surface area contributed by atoms with Gasteiger partial charge in [0.25, 0.3) is 0 Å². The van der Waals surface area contributed by atoms with Gasteiger partial charge in [-0.25, -0.2) is 9.50 Å². The lowest BCUT2D eigenvalue weighted by molar-refractivity contribution is 0.183. The van der Waals surface area contributed by atoms with Gasteiger partial charge in [0, 0.05) is 61.6 Å². The highest BCUT2D eigenvalue weighted by atomic mass is 32.7. The number of hydrogen-bond donors (Lipinski definition) is 2. The van der Waals surface area contributed by atoms with E-state index in [1.54, 1.807) is 0 Å². The second-order valence-electron chi connectivity index (χ2n) is 8.61. The fourth-order valence-corrected chi connectivity index (χ4v) is 6.52. The summed E-state index contributed by atoms with van der Waals surface area (Å²) < 4.78 is 14.0. The van der Waals surface area contributed by atoms with E-state index in [-0.39, 0.29) is 0 Å². The molecule has 0 atom stereocenters. The Balaban J connectivity index is 1.18. The maximum atomic E-state index is 12.1. The van der Waals surface area contributed by atoms with Crippen LogP contribution in [0.25, 0.3) is 5.52 Å². The fraction of sp³-hybridized carbons (Fsp3) is 0.455. The molecule has 2 aliphatic heterocycles. The molecule has 31 heavy (non-hydrogen) atoms. The summed E-state index contributed by atoms with van der Waals surface area (Å²) in [5.74, 6) is 0.590. The van der Waals surface area contributed by atoms with Gasteiger partial charge in [-0.15, -0.1) is 17.3 Å². The molecule has 0 bridgehead atoms. The molecule has 1 N–H and O–H groups in total. The van der Waals surface area contributed by atoms with Crippen molar-refractivity contribution in [3.8, 4) is 0 Å². The molecule has 7 nitrogen and oxygen atoms in total. The molecule has 5 rings (SSSR count). The molecule has 2 aliphatic rings. The molecule has 0 radical (unpaired) electrons. The van der Waals surface area contributed by atoms with E-state index in [0.717, 1.165) is 68.2 Å². The summed E-state index contributed by atoms with van der Waals surface area (Å²) in [4.78, 5) is 9.39. The second kappa shape index (κ2) is 8.49. The Kier molecular flexibility index (Phi) is 5.71. The van der Waals surface area contributed by atoms with E-state index in [1.165, 1.54) is 5.69 Å². The summed E-state index contributed by atoms with van der Waals surface area (Å²) in [6.45, 7) is 6.01. The quantitative estimate of drug-likeness (QED) is 0.452. The minimum atomic E-state index is -2.15. The predicted octanol–water partition coefficient (Wildman–Crippen LogP) is 4.27. The van der Waals surface area contributed by atoms with Crippen LogP contribution >= 0.6 is 18.6 Å². The summed E-state index contributed by atoms with van der Waals surface area (Å²) in [5.41, 5.74) is 4.31. The van der Waals surface area contributed by atoms with E-state index in [4.69, 9.17) is 0 Å². The molecule has 164 valence electrons. The van der Waals surface area contributed by atoms with Crippen LogP contribution in [0.2, 0.25) is 0 Å². The van der Waals surface area contributed by atoms with Crippen molar-refractivity contribution in [2.75, 3.05) is 48.7 Å². The highest BCUT2D eigenvalue weighted by Crippen LogP contribution is 2.52. The number of piperidine rings is 1. The number of aryl methyl sites for hydroxylation is 1. The van der Waals surface area contributed by atoms with Crippen molar-refractivity contribution in [3.05, 3.63) is 48.3 Å². The number of fused-ring (bicyclic) bond motifs is 1. The van der Waals surface area contributed by atoms with Crippen molar-refractivity contribution in [1.82, 2.24) is 19.5 Å². The number of rotatable bonds is 4. The Bertz CT molecular complexity index is 1100. The topological polar surface area (TPSA) is 65.8 Å². The number of anilines is 3. The number of benzene rings is 1. The van der Waals surface area contributed by atoms with Crippen LogP contribution in [0.4, 0.5) is 17.3 Å². The summed E-state index contributed by atoms with van der Waals surface area (Å²) in [5, 5.41) is 7.86. The van der Waals surface area contributed by atoms with Crippen molar-refractivity contribution < 1.29 is 4.57 Å². The number of thiol groups is 1. The molecule has 2 saturated heterocycles. The third-order valence-electron chi connectivity index (χ3n) is 6.53. The first kappa shape index (κ1) is 20.9. The van der Waals surface area contributed by atoms with E-state index >= 15 is 0 Å². The Morgan fingerprint density at radius 2 is 1.74 bits per heavy atom. The molecule has 0 unspecified atom stereocenters. The van der Waals surface area contributed by atoms with Gasteiger partial charge < -0.3 is 14.8 Å². The lowest BCUT2D eigenvalue weighted by Crippen LogP contribution is -2.48. The van der Waals surface area contributed by atoms with Crippen LogP contribution in [-0.2, 0) is 4.57 Å². The molecule has 2 fully saturated rings. The molecule has 0 amide bonds. The van der Waals surface area contributed by atoms with Gasteiger partial charge in [-0.1, -0.05) is 0 Å². The molecular formula is C22H29N6OPS. The Morgan fingerprint density at radius 1 is 1.03 bits per heavy atom. The first-order chi connectivity index (χ1) is 15.0. The lowest BCUT2D eigenvalue weighted by atomic mass is 10.0. The normalized spacial score (nSPS) is 20.3. The van der Waals surface area contributed by atoms with Gasteiger partial charge in [-0.05, 0) is 56.2 Å². The lowest BCUT2D eigenvalue weighted by Gasteiger charge is -2.41. The number of nitrogens with one attached hydrogen (secondary N) is 1. The fourth-order valence-electron chi connectivity index (χ4n) is 4.62. The number of nitrogens with zero attached hydrogens (tertiary/aromatic N) is 5. The highest BCUT2D eigenvalue weighted by molar-refractivity contribution is 8.48. The van der Waals surface area contributed by atoms with Crippen molar-refractivity contribution in [3.63, 3.8) is 0 Å². The maximum absolute atomic E-state index is 12.1. The highest BCUT2D eigenvalue weighted by Gasteiger charge is 2.31. The zero-order valence-electron chi connectivity index (χ0n) is 17.8. The molecule has 3 aromatic rings. The third-order valence-corrected chi connectivity index (χ3v) is 9.53. The van der Waals surface area contributed by atoms with Crippen LogP contribution in [0, 0.1) is 6.92 Å². The van der Waals surface area contributed by atoms with Crippen molar-refractivity contribution in [2.24, 2.45) is 0 Å². The largest absolute Gasteiger partial charge is 0.371 e. The summed E-state index contributed by atoms with van der Waals surface area (Å²) >= 11 is 4.35. The van der Waals surface area contributed by atoms with E-state index in [9.17, 15) is 4.57 Å². The molecular weight excluding hydrogens is 427 g/mol. The standard InChI is InChI=1S/C22H29N6OPS/c1-17-2-5-21-16-23-22(25-28(17)21)24-18-3-6-19(7-4-18)26-10-8-20(9-11-26)27-12-14-30(29,31)15-13-27/h2-7,16,20H,8-15H2,1H3,(H,24,25)(H,29,31). The Morgan fingerprint density at radius 3 is 2.45 bits per heavy atom. The molecule has 9 heteroatoms. The average Bonchev–Trinajstić information content (AvgIpc) is 3.15.